The predicted molar refractivity (Wildman–Crippen MR) is 285 cm³/mol. The maximum absolute atomic E-state index is 11.6. The van der Waals surface area contributed by atoms with E-state index in [1.54, 1.807) is 6.92 Å². The van der Waals surface area contributed by atoms with Crippen LogP contribution < -0.4 is 0 Å². The quantitative estimate of drug-likeness (QED) is 0.233. The van der Waals surface area contributed by atoms with E-state index in [2.05, 4.69) is 83.1 Å². The summed E-state index contributed by atoms with van der Waals surface area (Å²) in [5.74, 6) is -1.13. The Balaban J connectivity index is -0.0000000447. The number of halogens is 15. The standard InChI is InChI=1S/C5H6F6.2C5H9F3.2C5H12.C4H7F3.5C4H10.C3H8.C2H6.CH4/c1-3(2,4(6,7)8)5(9,10)11;1-4(2,3)5(6,7)8;1-3-4(2)5(6,7)8;1-4-5(2)3;1-3-5-4-2;1-3(2)4(5,6)7;3*1-4(2)3;2*1-3-4-2;1-3-2;1-2;/h1-2H3;1-3H3;4H,3H2,1-2H3;5H,4H2,1-3H3;3-5H2,1-2H3;3H,1-2H3;3*4H,1-3H3;2*3-4H2,1-2H3;3H2,1-2H3;1-2H3;1H4/i;;;;;;2*4D;;3D2;;;;. The van der Waals surface area contributed by atoms with Crippen molar-refractivity contribution in [2.24, 2.45) is 46.3 Å². The first kappa shape index (κ1) is 91.6. The molecule has 0 saturated heterocycles. The SMILES string of the molecule is C.CC.CC(C)(C(F)(F)F)C(F)(F)F.CC(C)(C)C(F)(F)F.CC(C)C.CC(C)C(F)(F)F.CCC.CCC(C)C.CCC(C)C(F)(F)F.CCCC.CCCCC.[2H]C(C)(C)C.[2H]C(C)(C)C.[2H]C([2H])(C)CC. The van der Waals surface area contributed by atoms with E-state index in [0.29, 0.717) is 6.42 Å². The number of alkyl halides is 15. The highest BCUT2D eigenvalue weighted by Gasteiger charge is 2.64. The van der Waals surface area contributed by atoms with E-state index in [1.807, 2.05) is 62.3 Å². The van der Waals surface area contributed by atoms with Gasteiger partial charge in [0.15, 0.2) is 5.41 Å². The summed E-state index contributed by atoms with van der Waals surface area (Å²) in [6, 6.07) is 0. The molecular weight excluding hydrogens is 946 g/mol. The maximum atomic E-state index is 11.6. The van der Waals surface area contributed by atoms with Crippen LogP contribution in [0.1, 0.15) is 292 Å². The molecular formula is C55H123F15. The molecule has 0 bridgehead atoms. The summed E-state index contributed by atoms with van der Waals surface area (Å²) in [4.78, 5) is 0. The van der Waals surface area contributed by atoms with E-state index in [9.17, 15) is 65.9 Å². The molecule has 0 heterocycles. The fourth-order valence-electron chi connectivity index (χ4n) is 0.746. The van der Waals surface area contributed by atoms with Gasteiger partial charge in [-0.05, 0) is 43.9 Å². The van der Waals surface area contributed by atoms with Crippen molar-refractivity contribution in [2.45, 2.75) is 317 Å². The van der Waals surface area contributed by atoms with Crippen LogP contribution >= 0.6 is 0 Å². The van der Waals surface area contributed by atoms with Crippen LogP contribution in [0.3, 0.4) is 0 Å². The van der Waals surface area contributed by atoms with Gasteiger partial charge in [0, 0.05) is 11.4 Å². The van der Waals surface area contributed by atoms with Crippen LogP contribution in [0.4, 0.5) is 65.9 Å². The topological polar surface area (TPSA) is 0 Å². The Morgan fingerprint density at radius 1 is 0.400 bits per heavy atom. The molecule has 70 heavy (non-hydrogen) atoms. The summed E-state index contributed by atoms with van der Waals surface area (Å²) in [6.45, 7) is 53.3. The van der Waals surface area contributed by atoms with E-state index in [-0.39, 0.29) is 39.5 Å². The second-order valence-electron chi connectivity index (χ2n) is 19.2. The van der Waals surface area contributed by atoms with Crippen LogP contribution in [0.25, 0.3) is 0 Å². The molecule has 0 N–H and O–H groups in total. The Morgan fingerprint density at radius 2 is 0.571 bits per heavy atom. The molecule has 0 spiro atoms. The molecule has 1 unspecified atom stereocenters. The van der Waals surface area contributed by atoms with E-state index < -0.39 is 59.9 Å². The number of hydrogen-bond acceptors (Lipinski definition) is 0. The lowest BCUT2D eigenvalue weighted by Gasteiger charge is -2.29. The molecule has 0 amide bonds. The zero-order valence-corrected chi connectivity index (χ0v) is 50.3. The van der Waals surface area contributed by atoms with Crippen LogP contribution in [-0.4, -0.2) is 30.9 Å². The second kappa shape index (κ2) is 64.1. The van der Waals surface area contributed by atoms with Crippen molar-refractivity contribution in [1.82, 2.24) is 0 Å². The van der Waals surface area contributed by atoms with E-state index >= 15 is 0 Å². The fraction of sp³-hybridized carbons (Fsp3) is 1.00. The molecule has 0 nitrogen and oxygen atoms in total. The van der Waals surface area contributed by atoms with E-state index in [0.717, 1.165) is 46.5 Å². The summed E-state index contributed by atoms with van der Waals surface area (Å²) in [5, 5.41) is 0. The predicted octanol–water partition coefficient (Wildman–Crippen LogP) is 26.5. The molecule has 0 aromatic carbocycles. The Kier molecular flexibility index (Phi) is 83.8. The third-order valence-electron chi connectivity index (χ3n) is 6.47. The van der Waals surface area contributed by atoms with Gasteiger partial charge in [-0.15, -0.1) is 0 Å². The lowest BCUT2D eigenvalue weighted by atomic mass is 9.92. The van der Waals surface area contributed by atoms with Crippen molar-refractivity contribution in [3.8, 4) is 0 Å². The number of rotatable bonds is 6. The van der Waals surface area contributed by atoms with Crippen LogP contribution in [0, 0.1) is 46.3 Å². The molecule has 0 rings (SSSR count). The molecule has 0 radical (unpaired) electrons. The summed E-state index contributed by atoms with van der Waals surface area (Å²) in [7, 11) is 0. The zero-order chi connectivity index (χ0) is 63.7. The number of unbranched alkanes of at least 4 members (excludes halogenated alkanes) is 3. The smallest absolute Gasteiger partial charge is 0.171 e. The van der Waals surface area contributed by atoms with Gasteiger partial charge in [-0.1, -0.05) is 266 Å². The molecule has 0 aliphatic carbocycles. The van der Waals surface area contributed by atoms with Gasteiger partial charge in [0.25, 0.3) is 0 Å². The third-order valence-corrected chi connectivity index (χ3v) is 6.47. The van der Waals surface area contributed by atoms with Crippen molar-refractivity contribution in [1.29, 1.82) is 0 Å². The summed E-state index contributed by atoms with van der Waals surface area (Å²) in [6.07, 6.45) is -13.5. The minimum Gasteiger partial charge on any atom is -0.171 e. The van der Waals surface area contributed by atoms with Gasteiger partial charge in [-0.3, -0.25) is 0 Å². The molecule has 0 fully saturated rings. The fourth-order valence-corrected chi connectivity index (χ4v) is 0.746. The molecule has 0 aromatic rings. The lowest BCUT2D eigenvalue weighted by molar-refractivity contribution is -0.327. The van der Waals surface area contributed by atoms with Crippen LogP contribution in [0.15, 0.2) is 0 Å². The third kappa shape index (κ3) is 138. The molecule has 448 valence electrons. The first-order chi connectivity index (χ1) is 31.5. The van der Waals surface area contributed by atoms with Crippen molar-refractivity contribution >= 4 is 0 Å². The highest BCUT2D eigenvalue weighted by Crippen LogP contribution is 2.49. The molecule has 0 aliphatic heterocycles. The van der Waals surface area contributed by atoms with Gasteiger partial charge < -0.3 is 0 Å². The Morgan fingerprint density at radius 3 is 0.571 bits per heavy atom. The average molecular weight is 1070 g/mol. The highest BCUT2D eigenvalue weighted by atomic mass is 19.4. The van der Waals surface area contributed by atoms with Gasteiger partial charge in [-0.25, -0.2) is 0 Å². The first-order valence-electron chi connectivity index (χ1n) is 26.8. The Labute approximate surface area is 434 Å². The highest BCUT2D eigenvalue weighted by molar-refractivity contribution is 4.84. The van der Waals surface area contributed by atoms with Gasteiger partial charge in [0.05, 0.1) is 11.3 Å². The Hall–Kier alpha value is -1.05. The normalized spacial score (nSPS) is 12.5. The minimum atomic E-state index is -5.24. The average Bonchev–Trinajstić information content (AvgIpc) is 3.13. The van der Waals surface area contributed by atoms with Gasteiger partial charge in [0.1, 0.15) is 0 Å². The number of hydrogen-bond donors (Lipinski definition) is 0. The first-order valence-corrected chi connectivity index (χ1v) is 24.8. The maximum Gasteiger partial charge on any atom is 0.402 e. The summed E-state index contributed by atoms with van der Waals surface area (Å²) in [5.41, 5.74) is -5.19. The minimum absolute atomic E-state index is 0. The largest absolute Gasteiger partial charge is 0.402 e. The van der Waals surface area contributed by atoms with Crippen molar-refractivity contribution < 1.29 is 71.3 Å². The van der Waals surface area contributed by atoms with Crippen LogP contribution in [0.5, 0.6) is 0 Å². The van der Waals surface area contributed by atoms with E-state index in [1.165, 1.54) is 58.8 Å². The van der Waals surface area contributed by atoms with Gasteiger partial charge >= 0.3 is 30.9 Å². The molecule has 0 saturated carbocycles. The summed E-state index contributed by atoms with van der Waals surface area (Å²) < 4.78 is 200. The van der Waals surface area contributed by atoms with Crippen molar-refractivity contribution in [3.05, 3.63) is 0 Å². The van der Waals surface area contributed by atoms with Crippen LogP contribution in [-0.2, 0) is 0 Å². The van der Waals surface area contributed by atoms with Gasteiger partial charge in [-0.2, -0.15) is 65.9 Å². The monoisotopic (exact) mass is 1070 g/mol. The van der Waals surface area contributed by atoms with E-state index in [4.69, 9.17) is 5.48 Å². The summed E-state index contributed by atoms with van der Waals surface area (Å²) >= 11 is 0. The second-order valence-corrected chi connectivity index (χ2v) is 19.2. The molecule has 1 atom stereocenters. The lowest BCUT2D eigenvalue weighted by Crippen LogP contribution is -2.44. The molecule has 15 heteroatoms. The van der Waals surface area contributed by atoms with Crippen molar-refractivity contribution in [3.63, 3.8) is 0 Å². The Bertz CT molecular complexity index is 948. The van der Waals surface area contributed by atoms with Crippen LogP contribution in [0.2, 0.25) is 0 Å². The molecule has 0 aliphatic rings. The van der Waals surface area contributed by atoms with Crippen molar-refractivity contribution in [2.75, 3.05) is 0 Å². The van der Waals surface area contributed by atoms with Gasteiger partial charge in [0.2, 0.25) is 0 Å². The molecule has 0 aromatic heterocycles. The zero-order valence-electron chi connectivity index (χ0n) is 54.3.